The maximum absolute atomic E-state index is 14.0. The average molecular weight is 608 g/mol. The predicted octanol–water partition coefficient (Wildman–Crippen LogP) is 4.54. The number of carbonyl (C=O) groups excluding carboxylic acids is 1. The number of nitrogens with one attached hydrogen (secondary N) is 2. The minimum Gasteiger partial charge on any atom is -0.366 e. The number of nitriles is 1. The molecule has 0 aromatic heterocycles. The number of hydrogen-bond donors (Lipinski definition) is 2. The van der Waals surface area contributed by atoms with Crippen LogP contribution in [0.25, 0.3) is 0 Å². The molecule has 3 aliphatic carbocycles. The lowest BCUT2D eigenvalue weighted by molar-refractivity contribution is -0.151. The van der Waals surface area contributed by atoms with Crippen molar-refractivity contribution < 1.29 is 26.4 Å². The summed E-state index contributed by atoms with van der Waals surface area (Å²) in [6.45, 7) is 3.09. The Morgan fingerprint density at radius 1 is 1.20 bits per heavy atom. The van der Waals surface area contributed by atoms with Gasteiger partial charge in [-0.3, -0.25) is 9.79 Å². The summed E-state index contributed by atoms with van der Waals surface area (Å²) in [5.74, 6) is -0.0111. The minimum atomic E-state index is -4.38. The normalized spacial score (nSPS) is 26.3. The van der Waals surface area contributed by atoms with Crippen LogP contribution in [0.2, 0.25) is 5.02 Å². The molecule has 0 unspecified atom stereocenters. The summed E-state index contributed by atoms with van der Waals surface area (Å²) in [7, 11) is -4.01. The molecule has 0 radical (unpaired) electrons. The van der Waals surface area contributed by atoms with Gasteiger partial charge in [0.25, 0.3) is 0 Å². The summed E-state index contributed by atoms with van der Waals surface area (Å²) in [4.78, 5) is 17.4. The van der Waals surface area contributed by atoms with Gasteiger partial charge in [0.2, 0.25) is 15.9 Å². The van der Waals surface area contributed by atoms with Gasteiger partial charge in [0.05, 0.1) is 28.5 Å². The van der Waals surface area contributed by atoms with E-state index in [2.05, 4.69) is 15.6 Å². The average Bonchev–Trinajstić information content (AvgIpc) is 3.17. The van der Waals surface area contributed by atoms with Crippen molar-refractivity contribution in [2.75, 3.05) is 6.54 Å². The number of benzene rings is 2. The zero-order valence-electron chi connectivity index (χ0n) is 22.4. The first-order chi connectivity index (χ1) is 19.1. The van der Waals surface area contributed by atoms with Gasteiger partial charge in [-0.25, -0.2) is 8.42 Å². The highest BCUT2D eigenvalue weighted by Gasteiger charge is 2.75. The molecular weight excluding hydrogens is 579 g/mol. The van der Waals surface area contributed by atoms with Gasteiger partial charge in [0, 0.05) is 29.1 Å². The van der Waals surface area contributed by atoms with Crippen LogP contribution in [0.4, 0.5) is 13.2 Å². The molecule has 3 fully saturated rings. The van der Waals surface area contributed by atoms with Crippen LogP contribution in [0.1, 0.15) is 50.7 Å². The van der Waals surface area contributed by atoms with Crippen LogP contribution in [0.5, 0.6) is 0 Å². The highest BCUT2D eigenvalue weighted by atomic mass is 35.5. The number of hydrogen-bond acceptors (Lipinski definition) is 6. The number of rotatable bonds is 9. The van der Waals surface area contributed by atoms with Crippen LogP contribution in [0.15, 0.2) is 58.4 Å². The first kappa shape index (κ1) is 29.4. The molecule has 4 aliphatic rings. The number of halogens is 4. The molecule has 2 aromatic carbocycles. The van der Waals surface area contributed by atoms with Crippen molar-refractivity contribution in [3.63, 3.8) is 0 Å². The third-order valence-corrected chi connectivity index (χ3v) is 10.4. The Morgan fingerprint density at radius 3 is 2.46 bits per heavy atom. The zero-order valence-corrected chi connectivity index (χ0v) is 24.0. The van der Waals surface area contributed by atoms with Crippen molar-refractivity contribution in [3.8, 4) is 6.07 Å². The number of aliphatic imine (C=N–C) groups is 1. The van der Waals surface area contributed by atoms with E-state index >= 15 is 0 Å². The van der Waals surface area contributed by atoms with Gasteiger partial charge < -0.3 is 10.6 Å². The van der Waals surface area contributed by atoms with Gasteiger partial charge in [-0.05, 0) is 69.0 Å². The van der Waals surface area contributed by atoms with Gasteiger partial charge in [-0.2, -0.15) is 22.7 Å². The van der Waals surface area contributed by atoms with E-state index in [4.69, 9.17) is 11.6 Å². The lowest BCUT2D eigenvalue weighted by atomic mass is 9.38. The van der Waals surface area contributed by atoms with Gasteiger partial charge in [0.1, 0.15) is 5.84 Å². The van der Waals surface area contributed by atoms with Crippen molar-refractivity contribution in [1.82, 2.24) is 14.9 Å². The third kappa shape index (κ3) is 5.43. The van der Waals surface area contributed by atoms with Crippen molar-refractivity contribution in [2.45, 2.75) is 74.3 Å². The van der Waals surface area contributed by atoms with Gasteiger partial charge >= 0.3 is 6.18 Å². The fourth-order valence-corrected chi connectivity index (χ4v) is 8.07. The van der Waals surface area contributed by atoms with Crippen LogP contribution in [-0.4, -0.2) is 54.3 Å². The number of nitrogens with zero attached hydrogens (tertiary/aromatic N) is 3. The molecule has 0 saturated heterocycles. The van der Waals surface area contributed by atoms with E-state index in [-0.39, 0.29) is 17.0 Å². The number of amides is 1. The van der Waals surface area contributed by atoms with E-state index in [0.717, 1.165) is 5.56 Å². The second-order valence-corrected chi connectivity index (χ2v) is 14.0. The summed E-state index contributed by atoms with van der Waals surface area (Å²) in [6.07, 6.45) is -4.10. The largest absolute Gasteiger partial charge is 0.390 e. The van der Waals surface area contributed by atoms with E-state index < -0.39 is 57.6 Å². The Morgan fingerprint density at radius 2 is 1.85 bits per heavy atom. The fourth-order valence-electron chi connectivity index (χ4n) is 6.14. The molecule has 218 valence electrons. The fraction of sp³-hybridized carbons (Fsp3) is 0.464. The van der Waals surface area contributed by atoms with Crippen molar-refractivity contribution in [3.05, 3.63) is 64.7 Å². The monoisotopic (exact) mass is 607 g/mol. The molecule has 1 heterocycles. The molecular formula is C28H29ClF3N5O3S. The SMILES string of the molecule is CC1(C)NC(C23CC(N(Cc4ccc(Cl)cc4)S(=O)(=O)c4cccc(C#N)c4)(C2)C3)=N[C@H]1C(=O)NCCC(F)(F)F. The lowest BCUT2D eigenvalue weighted by Gasteiger charge is -2.73. The molecule has 2 aromatic rings. The second-order valence-electron chi connectivity index (χ2n) is 11.7. The van der Waals surface area contributed by atoms with Crippen LogP contribution < -0.4 is 10.6 Å². The van der Waals surface area contributed by atoms with E-state index in [1.54, 1.807) is 44.2 Å². The Hall–Kier alpha value is -3.14. The van der Waals surface area contributed by atoms with Gasteiger partial charge in [0.15, 0.2) is 6.04 Å². The number of sulfonamides is 1. The second kappa shape index (κ2) is 10.00. The summed E-state index contributed by atoms with van der Waals surface area (Å²) in [6, 6.07) is 13.9. The molecule has 1 aliphatic heterocycles. The number of alkyl halides is 3. The predicted molar refractivity (Wildman–Crippen MR) is 146 cm³/mol. The first-order valence-corrected chi connectivity index (χ1v) is 14.9. The molecule has 0 spiro atoms. The first-order valence-electron chi connectivity index (χ1n) is 13.1. The van der Waals surface area contributed by atoms with Crippen molar-refractivity contribution >= 4 is 33.4 Å². The van der Waals surface area contributed by atoms with Crippen LogP contribution in [0.3, 0.4) is 0 Å². The van der Waals surface area contributed by atoms with E-state index in [1.165, 1.54) is 22.5 Å². The molecule has 6 rings (SSSR count). The summed E-state index contributed by atoms with van der Waals surface area (Å²) in [5.41, 5.74) is -0.991. The lowest BCUT2D eigenvalue weighted by Crippen LogP contribution is -2.78. The Kier molecular flexibility index (Phi) is 7.16. The Labute approximate surface area is 241 Å². The zero-order chi connectivity index (χ0) is 29.8. The molecule has 2 bridgehead atoms. The van der Waals surface area contributed by atoms with Crippen LogP contribution in [-0.2, 0) is 21.4 Å². The van der Waals surface area contributed by atoms with E-state index in [1.807, 2.05) is 6.07 Å². The smallest absolute Gasteiger partial charge is 0.366 e. The van der Waals surface area contributed by atoms with Crippen LogP contribution in [0, 0.1) is 16.7 Å². The van der Waals surface area contributed by atoms with E-state index in [9.17, 15) is 31.6 Å². The minimum absolute atomic E-state index is 0.0253. The molecule has 3 saturated carbocycles. The third-order valence-electron chi connectivity index (χ3n) is 8.16. The Balaban J connectivity index is 1.38. The molecule has 1 atom stereocenters. The van der Waals surface area contributed by atoms with Gasteiger partial charge in [-0.15, -0.1) is 0 Å². The van der Waals surface area contributed by atoms with Crippen molar-refractivity contribution in [2.24, 2.45) is 10.4 Å². The highest BCUT2D eigenvalue weighted by Crippen LogP contribution is 2.71. The molecule has 41 heavy (non-hydrogen) atoms. The summed E-state index contributed by atoms with van der Waals surface area (Å²) >= 11 is 6.04. The van der Waals surface area contributed by atoms with Crippen molar-refractivity contribution in [1.29, 1.82) is 5.26 Å². The topological polar surface area (TPSA) is 115 Å². The Bertz CT molecular complexity index is 1530. The molecule has 2 N–H and O–H groups in total. The van der Waals surface area contributed by atoms with E-state index in [0.29, 0.717) is 30.1 Å². The van der Waals surface area contributed by atoms with Gasteiger partial charge in [-0.1, -0.05) is 29.8 Å². The molecule has 13 heteroatoms. The van der Waals surface area contributed by atoms with Crippen LogP contribution >= 0.6 is 11.6 Å². The maximum Gasteiger partial charge on any atom is 0.390 e. The quantitative estimate of drug-likeness (QED) is 0.434. The molecule has 8 nitrogen and oxygen atoms in total. The standard InChI is InChI=1S/C28H29ClF3N5O3S/c1-25(2)22(23(38)34-11-10-28(30,31)32)35-24(36-25)26-15-27(16-26,17-26)37(14-18-6-8-20(29)9-7-18)41(39,40)21-5-3-4-19(12-21)13-33/h3-9,12,22H,10-11,14-17H2,1-2H3,(H,34,38)(H,35,36)/t22-,26?,27?/m0/s1. The number of carbonyl (C=O) groups is 1. The maximum atomic E-state index is 14.0. The summed E-state index contributed by atoms with van der Waals surface area (Å²) < 4.78 is 67.1. The summed E-state index contributed by atoms with van der Waals surface area (Å²) in [5, 5.41) is 15.5. The molecule has 1 amide bonds. The number of amidine groups is 1. The highest BCUT2D eigenvalue weighted by molar-refractivity contribution is 7.89.